The highest BCUT2D eigenvalue weighted by Crippen LogP contribution is 2.32. The summed E-state index contributed by atoms with van der Waals surface area (Å²) < 4.78 is 16.1. The summed E-state index contributed by atoms with van der Waals surface area (Å²) in [6, 6.07) is 12.5. The van der Waals surface area contributed by atoms with Crippen molar-refractivity contribution in [1.82, 2.24) is 10.7 Å². The van der Waals surface area contributed by atoms with Gasteiger partial charge in [-0.05, 0) is 48.9 Å². The van der Waals surface area contributed by atoms with Gasteiger partial charge in [0.2, 0.25) is 6.79 Å². The number of nitrogens with one attached hydrogen (secondary N) is 2. The molecule has 0 radical (unpaired) electrons. The number of hydrogen-bond donors (Lipinski definition) is 2. The second-order valence-corrected chi connectivity index (χ2v) is 7.00. The molecule has 0 spiro atoms. The number of non-ortho nitro benzene ring substituents is 1. The second kappa shape index (κ2) is 9.22. The molecule has 2 aromatic carbocycles. The number of benzene rings is 2. The van der Waals surface area contributed by atoms with E-state index in [1.807, 2.05) is 0 Å². The Morgan fingerprint density at radius 1 is 1.12 bits per heavy atom. The number of ether oxygens (including phenoxy) is 2. The fourth-order valence-corrected chi connectivity index (χ4v) is 3.11. The molecule has 0 saturated carbocycles. The third-order valence-corrected chi connectivity index (χ3v) is 4.74. The summed E-state index contributed by atoms with van der Waals surface area (Å²) >= 11 is 0. The Hall–Kier alpha value is -4.67. The van der Waals surface area contributed by atoms with Gasteiger partial charge >= 0.3 is 0 Å². The Kier molecular flexibility index (Phi) is 6.02. The van der Waals surface area contributed by atoms with Gasteiger partial charge in [-0.15, -0.1) is 0 Å². The predicted octanol–water partition coefficient (Wildman–Crippen LogP) is 2.77. The van der Waals surface area contributed by atoms with Gasteiger partial charge in [-0.1, -0.05) is 0 Å². The standard InChI is InChI=1S/C22H18N4O7/c1-13-8-15(26(29)30)3-5-17(13)18-7-4-16(33-18)10-24-25-21(27)11-23-22(28)14-2-6-19-20(9-14)32-12-31-19/h2-10H,11-12H2,1H3,(H,23,28)(H,25,27). The van der Waals surface area contributed by atoms with Crippen LogP contribution in [0.3, 0.4) is 0 Å². The quantitative estimate of drug-likeness (QED) is 0.320. The van der Waals surface area contributed by atoms with Crippen molar-refractivity contribution >= 4 is 23.7 Å². The second-order valence-electron chi connectivity index (χ2n) is 7.00. The van der Waals surface area contributed by atoms with Crippen molar-refractivity contribution in [1.29, 1.82) is 0 Å². The van der Waals surface area contributed by atoms with E-state index >= 15 is 0 Å². The van der Waals surface area contributed by atoms with Crippen LogP contribution in [0.25, 0.3) is 11.3 Å². The van der Waals surface area contributed by atoms with E-state index in [1.54, 1.807) is 37.3 Å². The van der Waals surface area contributed by atoms with Crippen LogP contribution in [0, 0.1) is 17.0 Å². The normalized spacial score (nSPS) is 12.0. The molecule has 0 bridgehead atoms. The van der Waals surface area contributed by atoms with Crippen LogP contribution < -0.4 is 20.2 Å². The summed E-state index contributed by atoms with van der Waals surface area (Å²) in [5.41, 5.74) is 4.02. The van der Waals surface area contributed by atoms with E-state index in [2.05, 4.69) is 15.8 Å². The molecule has 33 heavy (non-hydrogen) atoms. The van der Waals surface area contributed by atoms with Gasteiger partial charge in [0.05, 0.1) is 17.7 Å². The van der Waals surface area contributed by atoms with Crippen LogP contribution in [0.15, 0.2) is 58.0 Å². The minimum Gasteiger partial charge on any atom is -0.455 e. The van der Waals surface area contributed by atoms with Crippen LogP contribution in [0.1, 0.15) is 21.7 Å². The number of hydrogen-bond acceptors (Lipinski definition) is 8. The van der Waals surface area contributed by atoms with Crippen molar-refractivity contribution in [2.75, 3.05) is 13.3 Å². The van der Waals surface area contributed by atoms with Crippen LogP contribution in [-0.2, 0) is 4.79 Å². The molecular weight excluding hydrogens is 432 g/mol. The molecular formula is C22H18N4O7. The summed E-state index contributed by atoms with van der Waals surface area (Å²) in [4.78, 5) is 34.5. The predicted molar refractivity (Wildman–Crippen MR) is 116 cm³/mol. The number of carbonyl (C=O) groups excluding carboxylic acids is 2. The summed E-state index contributed by atoms with van der Waals surface area (Å²) in [6.07, 6.45) is 1.31. The largest absolute Gasteiger partial charge is 0.455 e. The zero-order valence-corrected chi connectivity index (χ0v) is 17.4. The molecule has 0 fully saturated rings. The van der Waals surface area contributed by atoms with Gasteiger partial charge in [0.1, 0.15) is 11.5 Å². The first-order chi connectivity index (χ1) is 15.9. The highest BCUT2D eigenvalue weighted by Gasteiger charge is 2.16. The van der Waals surface area contributed by atoms with Crippen molar-refractivity contribution in [3.63, 3.8) is 0 Å². The minimum absolute atomic E-state index is 0.00193. The maximum absolute atomic E-state index is 12.2. The van der Waals surface area contributed by atoms with Crippen molar-refractivity contribution in [3.8, 4) is 22.8 Å². The van der Waals surface area contributed by atoms with Gasteiger partial charge in [0.15, 0.2) is 11.5 Å². The summed E-state index contributed by atoms with van der Waals surface area (Å²) in [5, 5.41) is 17.2. The number of amides is 2. The summed E-state index contributed by atoms with van der Waals surface area (Å²) in [7, 11) is 0. The first kappa shape index (κ1) is 21.6. The third kappa shape index (κ3) is 4.98. The molecule has 2 amide bonds. The molecule has 0 unspecified atom stereocenters. The minimum atomic E-state index is -0.529. The lowest BCUT2D eigenvalue weighted by atomic mass is 10.1. The van der Waals surface area contributed by atoms with Crippen molar-refractivity contribution in [3.05, 3.63) is 75.5 Å². The van der Waals surface area contributed by atoms with Gasteiger partial charge in [-0.3, -0.25) is 19.7 Å². The number of hydrazone groups is 1. The highest BCUT2D eigenvalue weighted by molar-refractivity contribution is 5.97. The third-order valence-electron chi connectivity index (χ3n) is 4.74. The number of nitro groups is 1. The van der Waals surface area contributed by atoms with Gasteiger partial charge in [-0.25, -0.2) is 5.43 Å². The number of fused-ring (bicyclic) bond motifs is 1. The van der Waals surface area contributed by atoms with Crippen LogP contribution in [0.2, 0.25) is 0 Å². The molecule has 3 aromatic rings. The molecule has 11 heteroatoms. The number of rotatable bonds is 7. The van der Waals surface area contributed by atoms with E-state index in [4.69, 9.17) is 13.9 Å². The number of nitrogens with zero attached hydrogens (tertiary/aromatic N) is 2. The highest BCUT2D eigenvalue weighted by atomic mass is 16.7. The smallest absolute Gasteiger partial charge is 0.269 e. The number of aryl methyl sites for hydroxylation is 1. The zero-order chi connectivity index (χ0) is 23.4. The monoisotopic (exact) mass is 450 g/mol. The maximum Gasteiger partial charge on any atom is 0.269 e. The fourth-order valence-electron chi connectivity index (χ4n) is 3.11. The van der Waals surface area contributed by atoms with Crippen molar-refractivity contribution < 1.29 is 28.4 Å². The lowest BCUT2D eigenvalue weighted by Gasteiger charge is -2.05. The van der Waals surface area contributed by atoms with E-state index in [0.717, 1.165) is 0 Å². The lowest BCUT2D eigenvalue weighted by molar-refractivity contribution is -0.384. The molecule has 0 saturated heterocycles. The zero-order valence-electron chi connectivity index (χ0n) is 17.4. The molecule has 4 rings (SSSR count). The van der Waals surface area contributed by atoms with Crippen LogP contribution in [0.4, 0.5) is 5.69 Å². The van der Waals surface area contributed by atoms with Crippen LogP contribution >= 0.6 is 0 Å². The Morgan fingerprint density at radius 2 is 1.94 bits per heavy atom. The van der Waals surface area contributed by atoms with E-state index in [0.29, 0.717) is 39.7 Å². The number of carbonyl (C=O) groups is 2. The molecule has 1 aliphatic heterocycles. The molecule has 1 aliphatic rings. The van der Waals surface area contributed by atoms with E-state index in [1.165, 1.54) is 24.4 Å². The van der Waals surface area contributed by atoms with Crippen LogP contribution in [0.5, 0.6) is 11.5 Å². The average molecular weight is 450 g/mol. The van der Waals surface area contributed by atoms with Crippen molar-refractivity contribution in [2.45, 2.75) is 6.92 Å². The topological polar surface area (TPSA) is 145 Å². The first-order valence-corrected chi connectivity index (χ1v) is 9.76. The van der Waals surface area contributed by atoms with Crippen molar-refractivity contribution in [2.24, 2.45) is 5.10 Å². The maximum atomic E-state index is 12.2. The Morgan fingerprint density at radius 3 is 2.73 bits per heavy atom. The fraction of sp³-hybridized carbons (Fsp3) is 0.136. The summed E-state index contributed by atoms with van der Waals surface area (Å²) in [6.45, 7) is 1.57. The Labute approximate surface area is 187 Å². The molecule has 168 valence electrons. The molecule has 0 aliphatic carbocycles. The average Bonchev–Trinajstić information content (AvgIpc) is 3.46. The first-order valence-electron chi connectivity index (χ1n) is 9.76. The van der Waals surface area contributed by atoms with Gasteiger partial charge in [-0.2, -0.15) is 5.10 Å². The molecule has 2 N–H and O–H groups in total. The van der Waals surface area contributed by atoms with E-state index < -0.39 is 16.7 Å². The SMILES string of the molecule is Cc1cc([N+](=O)[O-])ccc1-c1ccc(C=NNC(=O)CNC(=O)c2ccc3c(c2)OCO3)o1. The lowest BCUT2D eigenvalue weighted by Crippen LogP contribution is -2.34. The number of nitro benzene ring substituents is 1. The molecule has 11 nitrogen and oxygen atoms in total. The van der Waals surface area contributed by atoms with E-state index in [9.17, 15) is 19.7 Å². The Balaban J connectivity index is 1.29. The van der Waals surface area contributed by atoms with Gasteiger partial charge in [0, 0.05) is 23.3 Å². The molecule has 0 atom stereocenters. The van der Waals surface area contributed by atoms with Gasteiger partial charge < -0.3 is 19.2 Å². The Bertz CT molecular complexity index is 1270. The molecule has 2 heterocycles. The number of furan rings is 1. The molecule has 1 aromatic heterocycles. The summed E-state index contributed by atoms with van der Waals surface area (Å²) in [5.74, 6) is 0.931. The van der Waals surface area contributed by atoms with Gasteiger partial charge in [0.25, 0.3) is 17.5 Å². The van der Waals surface area contributed by atoms with E-state index in [-0.39, 0.29) is 19.0 Å². The van der Waals surface area contributed by atoms with Crippen LogP contribution in [-0.4, -0.2) is 36.3 Å².